The molecule has 0 radical (unpaired) electrons. The van der Waals surface area contributed by atoms with Crippen LogP contribution in [0.4, 0.5) is 4.79 Å². The number of carbonyl (C=O) groups excluding carboxylic acids is 1. The fourth-order valence-corrected chi connectivity index (χ4v) is 3.45. The van der Waals surface area contributed by atoms with Crippen LogP contribution in [0.2, 0.25) is 0 Å². The molecule has 2 N–H and O–H groups in total. The molecule has 1 aromatic rings. The molecule has 1 saturated heterocycles. The normalized spacial score (nSPS) is 22.1. The van der Waals surface area contributed by atoms with E-state index in [0.29, 0.717) is 6.54 Å². The number of nitrogens with zero attached hydrogens (tertiary/aromatic N) is 2. The smallest absolute Gasteiger partial charge is 0.326 e. The Balaban J connectivity index is 2.04. The molecular formula is C12H15BrN2O4S. The van der Waals surface area contributed by atoms with Gasteiger partial charge in [0.05, 0.1) is 9.89 Å². The molecule has 20 heavy (non-hydrogen) atoms. The highest BCUT2D eigenvalue weighted by atomic mass is 79.9. The molecule has 2 atom stereocenters. The van der Waals surface area contributed by atoms with E-state index in [2.05, 4.69) is 15.9 Å². The van der Waals surface area contributed by atoms with E-state index in [-0.39, 0.29) is 19.0 Å². The standard InChI is InChI=1S/C12H15BrN2O4S/c1-14(4-7-2-10(13)20-6-7)12(19)15-5-8(16)3-9(15)11(17)18/h2,6,8-9,16H,3-5H2,1H3,(H,17,18)/t8-,9-/m1/s1. The van der Waals surface area contributed by atoms with Gasteiger partial charge < -0.3 is 20.0 Å². The quantitative estimate of drug-likeness (QED) is 0.855. The first kappa shape index (κ1) is 15.3. The van der Waals surface area contributed by atoms with Crippen LogP contribution in [-0.4, -0.2) is 57.8 Å². The molecule has 8 heteroatoms. The number of β-amino-alcohol motifs (C(OH)–C–C–N with tert-alkyl or cyclic N) is 1. The highest BCUT2D eigenvalue weighted by Crippen LogP contribution is 2.23. The average molecular weight is 363 g/mol. The van der Waals surface area contributed by atoms with Crippen molar-refractivity contribution in [3.8, 4) is 0 Å². The largest absolute Gasteiger partial charge is 0.480 e. The van der Waals surface area contributed by atoms with E-state index in [4.69, 9.17) is 5.11 Å². The Kier molecular flexibility index (Phi) is 4.66. The van der Waals surface area contributed by atoms with Crippen molar-refractivity contribution < 1.29 is 19.8 Å². The maximum Gasteiger partial charge on any atom is 0.326 e. The van der Waals surface area contributed by atoms with Gasteiger partial charge in [0, 0.05) is 26.6 Å². The minimum absolute atomic E-state index is 0.0630. The number of aliphatic carboxylic acids is 1. The molecule has 0 unspecified atom stereocenters. The summed E-state index contributed by atoms with van der Waals surface area (Å²) in [6.45, 7) is 0.466. The first-order chi connectivity index (χ1) is 9.38. The number of carboxylic acids is 1. The lowest BCUT2D eigenvalue weighted by Gasteiger charge is -2.27. The van der Waals surface area contributed by atoms with Crippen LogP contribution < -0.4 is 0 Å². The number of carbonyl (C=O) groups is 2. The highest BCUT2D eigenvalue weighted by molar-refractivity contribution is 9.11. The minimum Gasteiger partial charge on any atom is -0.480 e. The summed E-state index contributed by atoms with van der Waals surface area (Å²) < 4.78 is 0.980. The molecule has 2 amide bonds. The van der Waals surface area contributed by atoms with Crippen molar-refractivity contribution in [2.24, 2.45) is 0 Å². The van der Waals surface area contributed by atoms with Gasteiger partial charge in [-0.3, -0.25) is 0 Å². The van der Waals surface area contributed by atoms with Crippen molar-refractivity contribution in [3.63, 3.8) is 0 Å². The lowest BCUT2D eigenvalue weighted by atomic mass is 10.2. The van der Waals surface area contributed by atoms with Crippen molar-refractivity contribution in [3.05, 3.63) is 20.8 Å². The van der Waals surface area contributed by atoms with Gasteiger partial charge in [-0.25, -0.2) is 9.59 Å². The second kappa shape index (κ2) is 6.11. The molecule has 0 saturated carbocycles. The highest BCUT2D eigenvalue weighted by Gasteiger charge is 2.40. The van der Waals surface area contributed by atoms with Gasteiger partial charge in [0.1, 0.15) is 6.04 Å². The Bertz CT molecular complexity index is 521. The number of hydrogen-bond acceptors (Lipinski definition) is 4. The summed E-state index contributed by atoms with van der Waals surface area (Å²) in [6.07, 6.45) is -0.692. The molecule has 1 aliphatic heterocycles. The minimum atomic E-state index is -1.08. The van der Waals surface area contributed by atoms with E-state index in [1.165, 1.54) is 21.1 Å². The molecule has 1 aliphatic rings. The molecule has 110 valence electrons. The number of aliphatic hydroxyl groups excluding tert-OH is 1. The van der Waals surface area contributed by atoms with Gasteiger partial charge in [-0.1, -0.05) is 0 Å². The Labute approximate surface area is 128 Å². The molecule has 2 rings (SSSR count). The molecule has 0 aliphatic carbocycles. The molecule has 0 spiro atoms. The summed E-state index contributed by atoms with van der Waals surface area (Å²) in [5, 5.41) is 20.6. The molecule has 0 bridgehead atoms. The zero-order valence-corrected chi connectivity index (χ0v) is 13.2. The van der Waals surface area contributed by atoms with Crippen LogP contribution in [0.25, 0.3) is 0 Å². The molecule has 1 fully saturated rings. The lowest BCUT2D eigenvalue weighted by molar-refractivity contribution is -0.141. The number of likely N-dealkylation sites (tertiary alicyclic amines) is 1. The van der Waals surface area contributed by atoms with Crippen LogP contribution in [0.3, 0.4) is 0 Å². The van der Waals surface area contributed by atoms with E-state index < -0.39 is 18.1 Å². The average Bonchev–Trinajstić information content (AvgIpc) is 2.94. The molecular weight excluding hydrogens is 348 g/mol. The SMILES string of the molecule is CN(Cc1csc(Br)c1)C(=O)N1C[C@H](O)C[C@@H]1C(=O)O. The van der Waals surface area contributed by atoms with Gasteiger partial charge in [0.15, 0.2) is 0 Å². The number of carboxylic acid groups (broad SMARTS) is 1. The van der Waals surface area contributed by atoms with Crippen LogP contribution >= 0.6 is 27.3 Å². The summed E-state index contributed by atoms with van der Waals surface area (Å²) in [7, 11) is 1.62. The summed E-state index contributed by atoms with van der Waals surface area (Å²) in [5.41, 5.74) is 0.976. The Morgan fingerprint density at radius 2 is 2.30 bits per heavy atom. The first-order valence-corrected chi connectivity index (χ1v) is 7.71. The maximum atomic E-state index is 12.3. The maximum absolute atomic E-state index is 12.3. The van der Waals surface area contributed by atoms with Crippen molar-refractivity contribution >= 4 is 39.3 Å². The number of aliphatic hydroxyl groups is 1. The van der Waals surface area contributed by atoms with Crippen molar-refractivity contribution in [1.82, 2.24) is 9.80 Å². The summed E-state index contributed by atoms with van der Waals surface area (Å²) in [5.74, 6) is -1.08. The van der Waals surface area contributed by atoms with Gasteiger partial charge in [-0.05, 0) is 32.9 Å². The monoisotopic (exact) mass is 362 g/mol. The molecule has 2 heterocycles. The van der Waals surface area contributed by atoms with E-state index in [1.54, 1.807) is 7.05 Å². The van der Waals surface area contributed by atoms with Crippen LogP contribution in [0.15, 0.2) is 15.2 Å². The molecule has 1 aromatic heterocycles. The predicted octanol–water partition coefficient (Wildman–Crippen LogP) is 1.58. The second-order valence-electron chi connectivity index (χ2n) is 4.79. The predicted molar refractivity (Wildman–Crippen MR) is 77.6 cm³/mol. The fraction of sp³-hybridized carbons (Fsp3) is 0.500. The van der Waals surface area contributed by atoms with Gasteiger partial charge in [0.2, 0.25) is 0 Å². The first-order valence-electron chi connectivity index (χ1n) is 6.04. The van der Waals surface area contributed by atoms with Crippen LogP contribution in [0.1, 0.15) is 12.0 Å². The van der Waals surface area contributed by atoms with Crippen molar-refractivity contribution in [1.29, 1.82) is 0 Å². The van der Waals surface area contributed by atoms with Gasteiger partial charge in [-0.2, -0.15) is 0 Å². The molecule has 0 aromatic carbocycles. The van der Waals surface area contributed by atoms with E-state index >= 15 is 0 Å². The van der Waals surface area contributed by atoms with Crippen LogP contribution in [0.5, 0.6) is 0 Å². The number of amides is 2. The van der Waals surface area contributed by atoms with Crippen molar-refractivity contribution in [2.75, 3.05) is 13.6 Å². The van der Waals surface area contributed by atoms with Crippen molar-refractivity contribution in [2.45, 2.75) is 25.1 Å². The van der Waals surface area contributed by atoms with E-state index in [9.17, 15) is 14.7 Å². The van der Waals surface area contributed by atoms with Crippen LogP contribution in [0, 0.1) is 0 Å². The Hall–Kier alpha value is -1.12. The zero-order chi connectivity index (χ0) is 14.9. The third-order valence-corrected chi connectivity index (χ3v) is 4.73. The van der Waals surface area contributed by atoms with Gasteiger partial charge in [-0.15, -0.1) is 11.3 Å². The number of rotatable bonds is 3. The summed E-state index contributed by atoms with van der Waals surface area (Å²) >= 11 is 4.88. The number of halogens is 1. The van der Waals surface area contributed by atoms with E-state index in [1.807, 2.05) is 11.4 Å². The number of thiophene rings is 1. The number of urea groups is 1. The zero-order valence-electron chi connectivity index (χ0n) is 10.8. The third-order valence-electron chi connectivity index (χ3n) is 3.18. The fourth-order valence-electron chi connectivity index (χ4n) is 2.25. The van der Waals surface area contributed by atoms with Gasteiger partial charge in [0.25, 0.3) is 0 Å². The van der Waals surface area contributed by atoms with E-state index in [0.717, 1.165) is 9.35 Å². The topological polar surface area (TPSA) is 81.1 Å². The molecule has 6 nitrogen and oxygen atoms in total. The summed E-state index contributed by atoms with van der Waals surface area (Å²) in [6, 6.07) is 0.590. The van der Waals surface area contributed by atoms with Crippen LogP contribution in [-0.2, 0) is 11.3 Å². The second-order valence-corrected chi connectivity index (χ2v) is 7.08. The Morgan fingerprint density at radius 3 is 2.85 bits per heavy atom. The third kappa shape index (κ3) is 3.31. The summed E-state index contributed by atoms with van der Waals surface area (Å²) in [4.78, 5) is 26.1. The lowest BCUT2D eigenvalue weighted by Crippen LogP contribution is -2.46. The van der Waals surface area contributed by atoms with Gasteiger partial charge >= 0.3 is 12.0 Å². The Morgan fingerprint density at radius 1 is 1.60 bits per heavy atom. The number of hydrogen-bond donors (Lipinski definition) is 2.